The van der Waals surface area contributed by atoms with Gasteiger partial charge in [-0.15, -0.1) is 0 Å². The Kier molecular flexibility index (Phi) is 4.24. The van der Waals surface area contributed by atoms with Crippen LogP contribution in [0.2, 0.25) is 0 Å². The summed E-state index contributed by atoms with van der Waals surface area (Å²) < 4.78 is 36.3. The summed E-state index contributed by atoms with van der Waals surface area (Å²) in [6, 6.07) is 0. The molecule has 0 aromatic carbocycles. The summed E-state index contributed by atoms with van der Waals surface area (Å²) in [6.45, 7) is 1.77. The number of aliphatic carboxylic acids is 1. The quantitative estimate of drug-likeness (QED) is 0.848. The predicted molar refractivity (Wildman–Crippen MR) is 56.8 cm³/mol. The van der Waals surface area contributed by atoms with Crippen LogP contribution in [0.15, 0.2) is 0 Å². The maximum atomic E-state index is 12.1. The van der Waals surface area contributed by atoms with Gasteiger partial charge in [-0.2, -0.15) is 13.2 Å². The first-order chi connectivity index (χ1) is 8.20. The third-order valence-corrected chi connectivity index (χ3v) is 3.24. The van der Waals surface area contributed by atoms with Gasteiger partial charge < -0.3 is 10.0 Å². The molecule has 4 nitrogen and oxygen atoms in total. The highest BCUT2D eigenvalue weighted by molar-refractivity contribution is 5.81. The van der Waals surface area contributed by atoms with Crippen LogP contribution in [0.25, 0.3) is 0 Å². The number of hydrogen-bond donors (Lipinski definition) is 1. The molecule has 0 saturated carbocycles. The van der Waals surface area contributed by atoms with E-state index in [9.17, 15) is 22.8 Å². The second kappa shape index (κ2) is 5.16. The van der Waals surface area contributed by atoms with Gasteiger partial charge in [-0.25, -0.2) is 0 Å². The Bertz CT molecular complexity index is 343. The first-order valence-electron chi connectivity index (χ1n) is 5.78. The molecule has 0 aliphatic carbocycles. The second-order valence-corrected chi connectivity index (χ2v) is 4.69. The van der Waals surface area contributed by atoms with Crippen molar-refractivity contribution < 1.29 is 27.9 Å². The van der Waals surface area contributed by atoms with Crippen molar-refractivity contribution in [3.8, 4) is 0 Å². The number of nitrogens with zero attached hydrogens (tertiary/aromatic N) is 1. The minimum Gasteiger partial charge on any atom is -0.481 e. The molecule has 1 unspecified atom stereocenters. The molecule has 1 aliphatic rings. The summed E-state index contributed by atoms with van der Waals surface area (Å²) in [5, 5.41) is 9.17. The van der Waals surface area contributed by atoms with Crippen LogP contribution in [0.5, 0.6) is 0 Å². The van der Waals surface area contributed by atoms with Crippen molar-refractivity contribution in [3.63, 3.8) is 0 Å². The van der Waals surface area contributed by atoms with E-state index in [1.165, 1.54) is 0 Å². The van der Waals surface area contributed by atoms with Crippen LogP contribution in [0, 0.1) is 5.41 Å². The van der Waals surface area contributed by atoms with Gasteiger partial charge in [-0.05, 0) is 12.8 Å². The normalized spacial score (nSPS) is 24.3. The van der Waals surface area contributed by atoms with Crippen molar-refractivity contribution in [1.82, 2.24) is 4.90 Å². The average Bonchev–Trinajstić information content (AvgIpc) is 2.61. The monoisotopic (exact) mass is 267 g/mol. The number of halogens is 3. The first-order valence-corrected chi connectivity index (χ1v) is 5.78. The lowest BCUT2D eigenvalue weighted by Gasteiger charge is -2.24. The number of carbonyl (C=O) groups excluding carboxylic acids is 1. The molecule has 1 amide bonds. The highest BCUT2D eigenvalue weighted by Crippen LogP contribution is 2.36. The molecule has 18 heavy (non-hydrogen) atoms. The Morgan fingerprint density at radius 1 is 1.39 bits per heavy atom. The summed E-state index contributed by atoms with van der Waals surface area (Å²) in [7, 11) is 0. The van der Waals surface area contributed by atoms with Crippen molar-refractivity contribution >= 4 is 11.9 Å². The van der Waals surface area contributed by atoms with E-state index >= 15 is 0 Å². The molecule has 1 atom stereocenters. The third kappa shape index (κ3) is 3.36. The third-order valence-electron chi connectivity index (χ3n) is 3.24. The minimum absolute atomic E-state index is 0.0845. The highest BCUT2D eigenvalue weighted by Gasteiger charge is 2.46. The summed E-state index contributed by atoms with van der Waals surface area (Å²) >= 11 is 0. The van der Waals surface area contributed by atoms with E-state index in [0.29, 0.717) is 12.8 Å². The minimum atomic E-state index is -4.55. The fourth-order valence-electron chi connectivity index (χ4n) is 2.33. The van der Waals surface area contributed by atoms with Crippen LogP contribution < -0.4 is 0 Å². The van der Waals surface area contributed by atoms with Crippen LogP contribution >= 0.6 is 0 Å². The molecular weight excluding hydrogens is 251 g/mol. The smallest absolute Gasteiger partial charge is 0.397 e. The van der Waals surface area contributed by atoms with E-state index in [-0.39, 0.29) is 19.5 Å². The van der Waals surface area contributed by atoms with Crippen molar-refractivity contribution in [1.29, 1.82) is 0 Å². The fraction of sp³-hybridized carbons (Fsp3) is 0.818. The molecule has 0 bridgehead atoms. The van der Waals surface area contributed by atoms with Crippen LogP contribution in [-0.4, -0.2) is 41.1 Å². The Labute approximate surface area is 103 Å². The van der Waals surface area contributed by atoms with Gasteiger partial charge in [0.1, 0.15) is 6.42 Å². The molecule has 1 fully saturated rings. The lowest BCUT2D eigenvalue weighted by atomic mass is 9.83. The number of carboxylic acids is 1. The van der Waals surface area contributed by atoms with Gasteiger partial charge in [0.25, 0.3) is 0 Å². The van der Waals surface area contributed by atoms with Gasteiger partial charge in [0.15, 0.2) is 0 Å². The molecule has 0 aromatic rings. The molecule has 0 radical (unpaired) electrons. The van der Waals surface area contributed by atoms with Gasteiger partial charge >= 0.3 is 12.1 Å². The molecule has 1 rings (SSSR count). The molecule has 0 aromatic heterocycles. The van der Waals surface area contributed by atoms with Gasteiger partial charge in [-0.1, -0.05) is 13.3 Å². The van der Waals surface area contributed by atoms with E-state index < -0.39 is 29.9 Å². The maximum Gasteiger partial charge on any atom is 0.397 e. The fourth-order valence-corrected chi connectivity index (χ4v) is 2.33. The Balaban J connectivity index is 2.69. The molecular formula is C11H16F3NO3. The lowest BCUT2D eigenvalue weighted by Crippen LogP contribution is -2.38. The molecule has 0 spiro atoms. The maximum absolute atomic E-state index is 12.1. The zero-order valence-electron chi connectivity index (χ0n) is 10.1. The van der Waals surface area contributed by atoms with Crippen LogP contribution in [0.3, 0.4) is 0 Å². The standard InChI is InChI=1S/C11H16F3NO3/c1-2-3-10(9(17)18)4-5-15(7-10)8(16)6-11(12,13)14/h2-7H2,1H3,(H,17,18). The topological polar surface area (TPSA) is 57.6 Å². The molecule has 1 heterocycles. The lowest BCUT2D eigenvalue weighted by molar-refractivity contribution is -0.161. The number of amides is 1. The van der Waals surface area contributed by atoms with Crippen LogP contribution in [0.1, 0.15) is 32.6 Å². The zero-order chi connectivity index (χ0) is 14.0. The Morgan fingerprint density at radius 3 is 2.44 bits per heavy atom. The number of hydrogen-bond acceptors (Lipinski definition) is 2. The zero-order valence-corrected chi connectivity index (χ0v) is 10.1. The molecule has 1 aliphatic heterocycles. The summed E-state index contributed by atoms with van der Waals surface area (Å²) in [4.78, 5) is 23.6. The van der Waals surface area contributed by atoms with E-state index in [4.69, 9.17) is 5.11 Å². The van der Waals surface area contributed by atoms with E-state index in [1.54, 1.807) is 0 Å². The number of carbonyl (C=O) groups is 2. The molecule has 104 valence electrons. The van der Waals surface area contributed by atoms with Crippen molar-refractivity contribution in [2.45, 2.75) is 38.8 Å². The summed E-state index contributed by atoms with van der Waals surface area (Å²) in [6.07, 6.45) is -4.85. The van der Waals surface area contributed by atoms with E-state index in [2.05, 4.69) is 0 Å². The highest BCUT2D eigenvalue weighted by atomic mass is 19.4. The van der Waals surface area contributed by atoms with Crippen molar-refractivity contribution in [2.24, 2.45) is 5.41 Å². The van der Waals surface area contributed by atoms with Crippen LogP contribution in [-0.2, 0) is 9.59 Å². The number of carboxylic acid groups (broad SMARTS) is 1. The molecule has 7 heteroatoms. The Hall–Kier alpha value is -1.27. The Morgan fingerprint density at radius 2 is 2.00 bits per heavy atom. The van der Waals surface area contributed by atoms with Gasteiger partial charge in [0, 0.05) is 13.1 Å². The van der Waals surface area contributed by atoms with Crippen molar-refractivity contribution in [2.75, 3.05) is 13.1 Å². The van der Waals surface area contributed by atoms with Gasteiger partial charge in [0.05, 0.1) is 5.41 Å². The number of alkyl halides is 3. The largest absolute Gasteiger partial charge is 0.481 e. The second-order valence-electron chi connectivity index (χ2n) is 4.69. The van der Waals surface area contributed by atoms with E-state index in [0.717, 1.165) is 4.90 Å². The van der Waals surface area contributed by atoms with Gasteiger partial charge in [0.2, 0.25) is 5.91 Å². The summed E-state index contributed by atoms with van der Waals surface area (Å²) in [5.74, 6) is -2.08. The molecule has 1 saturated heterocycles. The predicted octanol–water partition coefficient (Wildman–Crippen LogP) is 2.04. The summed E-state index contributed by atoms with van der Waals surface area (Å²) in [5.41, 5.74) is -1.07. The first kappa shape index (κ1) is 14.8. The number of rotatable bonds is 4. The SMILES string of the molecule is CCCC1(C(=O)O)CCN(C(=O)CC(F)(F)F)C1. The molecule has 1 N–H and O–H groups in total. The number of likely N-dealkylation sites (tertiary alicyclic amines) is 1. The van der Waals surface area contributed by atoms with E-state index in [1.807, 2.05) is 6.92 Å². The van der Waals surface area contributed by atoms with Crippen LogP contribution in [0.4, 0.5) is 13.2 Å². The average molecular weight is 267 g/mol. The van der Waals surface area contributed by atoms with Crippen molar-refractivity contribution in [3.05, 3.63) is 0 Å². The van der Waals surface area contributed by atoms with Gasteiger partial charge in [-0.3, -0.25) is 9.59 Å².